The highest BCUT2D eigenvalue weighted by Crippen LogP contribution is 2.24. The third-order valence-corrected chi connectivity index (χ3v) is 3.13. The van der Waals surface area contributed by atoms with Crippen molar-refractivity contribution < 1.29 is 62.6 Å². The third-order valence-electron chi connectivity index (χ3n) is 1.50. The monoisotopic (exact) mass is 364 g/mol. The van der Waals surface area contributed by atoms with Gasteiger partial charge in [-0.2, -0.15) is 34.4 Å². The Morgan fingerprint density at radius 1 is 0.810 bits per heavy atom. The summed E-state index contributed by atoms with van der Waals surface area (Å²) in [6.07, 6.45) is 0. The maximum atomic E-state index is 12.5. The molecule has 0 aliphatic rings. The van der Waals surface area contributed by atoms with Gasteiger partial charge in [0, 0.05) is 0 Å². The number of alkyl halides is 4. The van der Waals surface area contributed by atoms with Gasteiger partial charge in [0.05, 0.1) is 0 Å². The minimum absolute atomic E-state index is 2.05. The minimum Gasteiger partial charge on any atom is -0.423 e. The van der Waals surface area contributed by atoms with Gasteiger partial charge in [-0.3, -0.25) is 9.11 Å². The van der Waals surface area contributed by atoms with Crippen molar-refractivity contribution in [3.8, 4) is 0 Å². The summed E-state index contributed by atoms with van der Waals surface area (Å²) in [5.74, 6) is -5.99. The zero-order valence-corrected chi connectivity index (χ0v) is 10.8. The Bertz CT molecular complexity index is 578. The van der Waals surface area contributed by atoms with Crippen LogP contribution in [0.3, 0.4) is 0 Å². The zero-order valence-electron chi connectivity index (χ0n) is 9.20. The van der Waals surface area contributed by atoms with E-state index in [-0.39, 0.29) is 0 Å². The van der Waals surface area contributed by atoms with E-state index in [0.717, 1.165) is 0 Å². The normalized spacial score (nSPS) is 13.6. The van der Waals surface area contributed by atoms with Crippen molar-refractivity contribution in [2.75, 3.05) is 6.79 Å². The highest BCUT2D eigenvalue weighted by Gasteiger charge is 2.56. The summed E-state index contributed by atoms with van der Waals surface area (Å²) in [5.41, 5.74) is 0. The lowest BCUT2D eigenvalue weighted by Gasteiger charge is -2.14. The molecule has 21 heavy (non-hydrogen) atoms. The Balaban J connectivity index is 4.75. The lowest BCUT2D eigenvalue weighted by atomic mass is 10.7. The number of esters is 2. The number of halogens is 4. The molecule has 0 radical (unpaired) electrons. The summed E-state index contributed by atoms with van der Waals surface area (Å²) < 4.78 is 113. The highest BCUT2D eigenvalue weighted by atomic mass is 32.2. The molecule has 0 bridgehead atoms. The van der Waals surface area contributed by atoms with Gasteiger partial charge >= 0.3 is 42.7 Å². The topological polar surface area (TPSA) is 161 Å². The zero-order chi connectivity index (χ0) is 17.3. The Morgan fingerprint density at radius 3 is 1.24 bits per heavy atom. The number of hydrogen-bond acceptors (Lipinski definition) is 8. The van der Waals surface area contributed by atoms with E-state index in [9.17, 15) is 44.0 Å². The summed E-state index contributed by atoms with van der Waals surface area (Å²) in [6.45, 7) is -2.05. The van der Waals surface area contributed by atoms with Gasteiger partial charge in [-0.05, 0) is 0 Å². The first-order valence-corrected chi connectivity index (χ1v) is 6.97. The van der Waals surface area contributed by atoms with Crippen LogP contribution in [0.1, 0.15) is 0 Å². The lowest BCUT2D eigenvalue weighted by molar-refractivity contribution is -0.186. The van der Waals surface area contributed by atoms with E-state index < -0.39 is 49.5 Å². The maximum Gasteiger partial charge on any atom is 0.465 e. The number of carbonyl (C=O) groups excluding carboxylic acids is 2. The second-order valence-electron chi connectivity index (χ2n) is 2.97. The summed E-state index contributed by atoms with van der Waals surface area (Å²) in [5, 5.41) is -11.0. The van der Waals surface area contributed by atoms with Crippen LogP contribution in [-0.4, -0.2) is 55.2 Å². The lowest BCUT2D eigenvalue weighted by Crippen LogP contribution is -2.41. The number of rotatable bonds is 6. The largest absolute Gasteiger partial charge is 0.465 e. The fraction of sp³-hybridized carbons (Fsp3) is 0.600. The fourth-order valence-electron chi connectivity index (χ4n) is 0.515. The first-order chi connectivity index (χ1) is 9.05. The van der Waals surface area contributed by atoms with Crippen LogP contribution in [0.5, 0.6) is 0 Å². The molecule has 0 amide bonds. The van der Waals surface area contributed by atoms with Gasteiger partial charge in [0.1, 0.15) is 0 Å². The smallest absolute Gasteiger partial charge is 0.423 e. The van der Waals surface area contributed by atoms with Crippen molar-refractivity contribution in [2.24, 2.45) is 0 Å². The van der Waals surface area contributed by atoms with E-state index in [1.165, 1.54) is 0 Å². The number of ether oxygens (including phenoxy) is 2. The molecule has 0 unspecified atom stereocenters. The molecule has 124 valence electrons. The van der Waals surface area contributed by atoms with E-state index >= 15 is 0 Å². The van der Waals surface area contributed by atoms with Gasteiger partial charge in [0.25, 0.3) is 0 Å². The van der Waals surface area contributed by atoms with E-state index in [1.54, 1.807) is 0 Å². The number of carbonyl (C=O) groups is 2. The second kappa shape index (κ2) is 5.70. The average molecular weight is 364 g/mol. The first kappa shape index (κ1) is 19.5. The van der Waals surface area contributed by atoms with E-state index in [0.29, 0.717) is 0 Å². The van der Waals surface area contributed by atoms with Crippen molar-refractivity contribution in [3.05, 3.63) is 0 Å². The molecule has 0 spiro atoms. The van der Waals surface area contributed by atoms with Gasteiger partial charge in [0.2, 0.25) is 6.79 Å². The molecule has 0 rings (SSSR count). The standard InChI is InChI=1S/C5H4F4O10S2/c6-4(7,20(12,13)14)2(10)18-1-19-3(11)5(8,9)21(15,16)17/h1H2,(H,12,13,14)(H,15,16,17). The molecule has 0 atom stereocenters. The molecular formula is C5H4F4O10S2. The van der Waals surface area contributed by atoms with Gasteiger partial charge in [0.15, 0.2) is 0 Å². The first-order valence-electron chi connectivity index (χ1n) is 4.09. The quantitative estimate of drug-likeness (QED) is 0.258. The van der Waals surface area contributed by atoms with E-state index in [1.807, 2.05) is 0 Å². The fourth-order valence-corrected chi connectivity index (χ4v) is 1.05. The van der Waals surface area contributed by atoms with E-state index in [2.05, 4.69) is 9.47 Å². The van der Waals surface area contributed by atoms with Gasteiger partial charge < -0.3 is 9.47 Å². The molecule has 16 heteroatoms. The summed E-state index contributed by atoms with van der Waals surface area (Å²) >= 11 is 0. The molecule has 0 saturated heterocycles. The molecular weight excluding hydrogens is 360 g/mol. The van der Waals surface area contributed by atoms with Crippen LogP contribution in [0, 0.1) is 0 Å². The minimum atomic E-state index is -6.24. The van der Waals surface area contributed by atoms with Crippen LogP contribution in [-0.2, 0) is 39.3 Å². The van der Waals surface area contributed by atoms with Crippen LogP contribution in [0.4, 0.5) is 17.6 Å². The third kappa shape index (κ3) is 4.22. The van der Waals surface area contributed by atoms with Gasteiger partial charge in [-0.15, -0.1) is 0 Å². The molecule has 0 aliphatic heterocycles. The van der Waals surface area contributed by atoms with Crippen molar-refractivity contribution in [3.63, 3.8) is 0 Å². The molecule has 0 heterocycles. The average Bonchev–Trinajstić information content (AvgIpc) is 2.25. The van der Waals surface area contributed by atoms with Crippen molar-refractivity contribution in [1.82, 2.24) is 0 Å². The molecule has 0 aliphatic carbocycles. The molecule has 0 aromatic rings. The van der Waals surface area contributed by atoms with Crippen LogP contribution in [0.15, 0.2) is 0 Å². The maximum absolute atomic E-state index is 12.5. The van der Waals surface area contributed by atoms with E-state index in [4.69, 9.17) is 9.11 Å². The molecule has 10 nitrogen and oxygen atoms in total. The highest BCUT2D eigenvalue weighted by molar-refractivity contribution is 7.88. The number of hydrogen-bond donors (Lipinski definition) is 2. The van der Waals surface area contributed by atoms with Gasteiger partial charge in [-0.25, -0.2) is 9.59 Å². The van der Waals surface area contributed by atoms with Crippen molar-refractivity contribution in [1.29, 1.82) is 0 Å². The Labute approximate surface area is 113 Å². The molecule has 0 aromatic carbocycles. The van der Waals surface area contributed by atoms with Crippen LogP contribution < -0.4 is 0 Å². The SMILES string of the molecule is O=C(OCOC(=O)C(F)(F)S(=O)(=O)O)C(F)(F)S(=O)(=O)O. The molecule has 0 saturated carbocycles. The van der Waals surface area contributed by atoms with Crippen LogP contribution >= 0.6 is 0 Å². The summed E-state index contributed by atoms with van der Waals surface area (Å²) in [7, 11) is -12.5. The second-order valence-corrected chi connectivity index (χ2v) is 5.89. The van der Waals surface area contributed by atoms with Crippen molar-refractivity contribution >= 4 is 32.2 Å². The summed E-state index contributed by atoms with van der Waals surface area (Å²) in [6, 6.07) is 0. The van der Waals surface area contributed by atoms with Crippen LogP contribution in [0.25, 0.3) is 0 Å². The van der Waals surface area contributed by atoms with Crippen molar-refractivity contribution in [2.45, 2.75) is 10.5 Å². The molecule has 0 fully saturated rings. The van der Waals surface area contributed by atoms with Crippen LogP contribution in [0.2, 0.25) is 0 Å². The van der Waals surface area contributed by atoms with Gasteiger partial charge in [-0.1, -0.05) is 0 Å². The predicted octanol–water partition coefficient (Wildman–Crippen LogP) is -1.01. The Hall–Kier alpha value is -1.52. The predicted molar refractivity (Wildman–Crippen MR) is 50.0 cm³/mol. The Kier molecular flexibility index (Phi) is 5.29. The molecule has 2 N–H and O–H groups in total. The molecule has 0 aromatic heterocycles. The summed E-state index contributed by atoms with van der Waals surface area (Å²) in [4.78, 5) is 21.0. The Morgan fingerprint density at radius 2 is 1.05 bits per heavy atom.